The Balaban J connectivity index is 1.24. The molecule has 1 atom stereocenters. The van der Waals surface area contributed by atoms with Crippen LogP contribution in [0.5, 0.6) is 17.2 Å². The summed E-state index contributed by atoms with van der Waals surface area (Å²) in [6.07, 6.45) is 0. The first-order chi connectivity index (χ1) is 15.1. The Labute approximate surface area is 192 Å². The van der Waals surface area contributed by atoms with E-state index >= 15 is 0 Å². The number of benzene rings is 2. The van der Waals surface area contributed by atoms with E-state index in [1.54, 1.807) is 18.9 Å². The van der Waals surface area contributed by atoms with Crippen LogP contribution in [0.3, 0.4) is 0 Å². The number of fused-ring (bicyclic) bond motifs is 1. The zero-order chi connectivity index (χ0) is 21.6. The van der Waals surface area contributed by atoms with Crippen LogP contribution in [-0.2, 0) is 17.1 Å². The van der Waals surface area contributed by atoms with Gasteiger partial charge in [-0.2, -0.15) is 0 Å². The Morgan fingerprint density at radius 3 is 2.68 bits per heavy atom. The van der Waals surface area contributed by atoms with E-state index in [9.17, 15) is 4.79 Å². The molecule has 2 heterocycles. The van der Waals surface area contributed by atoms with Gasteiger partial charge in [-0.05, 0) is 42.3 Å². The molecule has 1 aliphatic rings. The Bertz CT molecular complexity index is 1040. The zero-order valence-corrected chi connectivity index (χ0v) is 19.4. The van der Waals surface area contributed by atoms with Crippen LogP contribution in [0.2, 0.25) is 0 Å². The molecule has 1 amide bonds. The second-order valence-corrected chi connectivity index (χ2v) is 10.4. The van der Waals surface area contributed by atoms with Crippen molar-refractivity contribution in [3.8, 4) is 17.2 Å². The summed E-state index contributed by atoms with van der Waals surface area (Å²) < 4.78 is 17.5. The Morgan fingerprint density at radius 2 is 1.87 bits per heavy atom. The fourth-order valence-corrected chi connectivity index (χ4v) is 5.90. The Hall–Kier alpha value is -2.43. The largest absolute Gasteiger partial charge is 0.497 e. The molecule has 0 fully saturated rings. The van der Waals surface area contributed by atoms with E-state index in [4.69, 9.17) is 14.2 Å². The highest BCUT2D eigenvalue weighted by molar-refractivity contribution is 8.03. The number of ether oxygens (including phenoxy) is 3. The van der Waals surface area contributed by atoms with Crippen LogP contribution in [0.15, 0.2) is 51.1 Å². The maximum atomic E-state index is 12.5. The van der Waals surface area contributed by atoms with Crippen molar-refractivity contribution >= 4 is 40.8 Å². The van der Waals surface area contributed by atoms with E-state index in [-0.39, 0.29) is 18.0 Å². The lowest BCUT2D eigenvalue weighted by Crippen LogP contribution is -2.30. The number of aromatic nitrogens is 2. The van der Waals surface area contributed by atoms with Crippen molar-refractivity contribution in [2.75, 3.05) is 13.9 Å². The summed E-state index contributed by atoms with van der Waals surface area (Å²) in [7, 11) is 1.66. The topological polar surface area (TPSA) is 82.6 Å². The van der Waals surface area contributed by atoms with Gasteiger partial charge >= 0.3 is 0 Å². The van der Waals surface area contributed by atoms with Gasteiger partial charge in [0.15, 0.2) is 20.2 Å². The van der Waals surface area contributed by atoms with Gasteiger partial charge in [0.25, 0.3) is 0 Å². The molecular formula is C21H21N3O4S3. The van der Waals surface area contributed by atoms with Crippen molar-refractivity contribution in [1.29, 1.82) is 0 Å². The second kappa shape index (κ2) is 10.3. The summed E-state index contributed by atoms with van der Waals surface area (Å²) in [5.41, 5.74) is 2.15. The molecule has 0 bridgehead atoms. The van der Waals surface area contributed by atoms with Crippen molar-refractivity contribution < 1.29 is 19.0 Å². The zero-order valence-electron chi connectivity index (χ0n) is 17.0. The minimum absolute atomic E-state index is 0.0506. The van der Waals surface area contributed by atoms with Gasteiger partial charge in [0.1, 0.15) is 5.75 Å². The molecular weight excluding hydrogens is 454 g/mol. The molecule has 162 valence electrons. The van der Waals surface area contributed by atoms with Crippen molar-refractivity contribution in [3.05, 3.63) is 53.6 Å². The fraction of sp³-hybridized carbons (Fsp3) is 0.286. The molecule has 31 heavy (non-hydrogen) atoms. The number of rotatable bonds is 9. The minimum Gasteiger partial charge on any atom is -0.497 e. The lowest BCUT2D eigenvalue weighted by Gasteiger charge is -2.10. The van der Waals surface area contributed by atoms with E-state index in [1.807, 2.05) is 49.4 Å². The third-order valence-electron chi connectivity index (χ3n) is 4.46. The summed E-state index contributed by atoms with van der Waals surface area (Å²) in [4.78, 5) is 12.5. The summed E-state index contributed by atoms with van der Waals surface area (Å²) >= 11 is 4.54. The monoisotopic (exact) mass is 475 g/mol. The first-order valence-electron chi connectivity index (χ1n) is 9.53. The summed E-state index contributed by atoms with van der Waals surface area (Å²) in [5.74, 6) is 3.03. The van der Waals surface area contributed by atoms with Gasteiger partial charge in [-0.1, -0.05) is 53.1 Å². The standard InChI is InChI=1S/C21H21N3O4S3/c1-13(19(25)22-10-15-5-8-17-18(9-15)28-12-27-17)30-21-24-23-20(31-21)29-11-14-3-6-16(26-2)7-4-14/h3-9,13H,10-12H2,1-2H3,(H,22,25). The number of nitrogens with zero attached hydrogens (tertiary/aromatic N) is 2. The molecule has 0 spiro atoms. The molecule has 1 N–H and O–H groups in total. The average Bonchev–Trinajstić information content (AvgIpc) is 3.45. The maximum Gasteiger partial charge on any atom is 0.233 e. The van der Waals surface area contributed by atoms with Crippen LogP contribution in [0.4, 0.5) is 0 Å². The molecule has 4 rings (SSSR count). The van der Waals surface area contributed by atoms with Crippen LogP contribution in [-0.4, -0.2) is 35.3 Å². The van der Waals surface area contributed by atoms with E-state index < -0.39 is 0 Å². The summed E-state index contributed by atoms with van der Waals surface area (Å²) in [6.45, 7) is 2.53. The highest BCUT2D eigenvalue weighted by Crippen LogP contribution is 2.34. The average molecular weight is 476 g/mol. The van der Waals surface area contributed by atoms with Crippen molar-refractivity contribution in [3.63, 3.8) is 0 Å². The second-order valence-electron chi connectivity index (χ2n) is 6.64. The van der Waals surface area contributed by atoms with E-state index in [1.165, 1.54) is 28.7 Å². The number of nitrogens with one attached hydrogen (secondary N) is 1. The van der Waals surface area contributed by atoms with Gasteiger partial charge in [0.05, 0.1) is 12.4 Å². The number of thioether (sulfide) groups is 2. The maximum absolute atomic E-state index is 12.5. The van der Waals surface area contributed by atoms with Crippen molar-refractivity contribution in [1.82, 2.24) is 15.5 Å². The summed E-state index contributed by atoms with van der Waals surface area (Å²) in [5, 5.41) is 11.1. The fourth-order valence-electron chi connectivity index (χ4n) is 2.76. The van der Waals surface area contributed by atoms with Crippen molar-refractivity contribution in [2.45, 2.75) is 33.2 Å². The Morgan fingerprint density at radius 1 is 1.13 bits per heavy atom. The van der Waals surface area contributed by atoms with Gasteiger partial charge in [0, 0.05) is 12.3 Å². The number of carbonyl (C=O) groups is 1. The van der Waals surface area contributed by atoms with Gasteiger partial charge < -0.3 is 19.5 Å². The van der Waals surface area contributed by atoms with Gasteiger partial charge in [-0.25, -0.2) is 0 Å². The number of amides is 1. The lowest BCUT2D eigenvalue weighted by molar-refractivity contribution is -0.120. The SMILES string of the molecule is COc1ccc(CSc2nnc(SC(C)C(=O)NCc3ccc4c(c3)OCO4)s2)cc1. The Kier molecular flexibility index (Phi) is 7.21. The molecule has 0 saturated heterocycles. The summed E-state index contributed by atoms with van der Waals surface area (Å²) in [6, 6.07) is 13.6. The molecule has 2 aromatic carbocycles. The smallest absolute Gasteiger partial charge is 0.233 e. The molecule has 10 heteroatoms. The molecule has 1 unspecified atom stereocenters. The van der Waals surface area contributed by atoms with Crippen LogP contribution >= 0.6 is 34.9 Å². The predicted octanol–water partition coefficient (Wildman–Crippen LogP) is 4.36. The quantitative estimate of drug-likeness (QED) is 0.457. The molecule has 0 aliphatic carbocycles. The first-order valence-corrected chi connectivity index (χ1v) is 12.2. The number of carbonyl (C=O) groups excluding carboxylic acids is 1. The van der Waals surface area contributed by atoms with Crippen LogP contribution in [0.25, 0.3) is 0 Å². The molecule has 3 aromatic rings. The van der Waals surface area contributed by atoms with Gasteiger partial charge in [-0.15, -0.1) is 10.2 Å². The highest BCUT2D eigenvalue weighted by Gasteiger charge is 2.18. The number of methoxy groups -OCH3 is 1. The molecule has 7 nitrogen and oxygen atoms in total. The lowest BCUT2D eigenvalue weighted by atomic mass is 10.2. The van der Waals surface area contributed by atoms with Gasteiger partial charge in [0.2, 0.25) is 12.7 Å². The van der Waals surface area contributed by atoms with E-state index in [2.05, 4.69) is 15.5 Å². The molecule has 1 aromatic heterocycles. The molecule has 1 aliphatic heterocycles. The van der Waals surface area contributed by atoms with Gasteiger partial charge in [-0.3, -0.25) is 4.79 Å². The predicted molar refractivity (Wildman–Crippen MR) is 122 cm³/mol. The van der Waals surface area contributed by atoms with Crippen LogP contribution in [0.1, 0.15) is 18.1 Å². The molecule has 0 saturated carbocycles. The van der Waals surface area contributed by atoms with E-state index in [0.29, 0.717) is 12.3 Å². The third-order valence-corrected chi connectivity index (χ3v) is 7.77. The first kappa shape index (κ1) is 21.8. The normalized spacial score (nSPS) is 13.1. The molecule has 0 radical (unpaired) electrons. The third kappa shape index (κ3) is 5.84. The van der Waals surface area contributed by atoms with Crippen molar-refractivity contribution in [2.24, 2.45) is 0 Å². The highest BCUT2D eigenvalue weighted by atomic mass is 32.2. The number of hydrogen-bond donors (Lipinski definition) is 1. The minimum atomic E-state index is -0.276. The number of hydrogen-bond acceptors (Lipinski definition) is 9. The van der Waals surface area contributed by atoms with Crippen LogP contribution < -0.4 is 19.5 Å². The van der Waals surface area contributed by atoms with E-state index in [0.717, 1.165) is 31.5 Å². The van der Waals surface area contributed by atoms with Crippen LogP contribution in [0, 0.1) is 0 Å².